The maximum absolute atomic E-state index is 12.3. The van der Waals surface area contributed by atoms with E-state index in [1.54, 1.807) is 13.8 Å². The van der Waals surface area contributed by atoms with Crippen molar-refractivity contribution in [2.75, 3.05) is 13.2 Å². The van der Waals surface area contributed by atoms with Crippen LogP contribution in [0.25, 0.3) is 0 Å². The summed E-state index contributed by atoms with van der Waals surface area (Å²) in [7, 11) is -3.76. The Kier molecular flexibility index (Phi) is 5.10. The van der Waals surface area contributed by atoms with Crippen LogP contribution in [0.4, 0.5) is 0 Å². The van der Waals surface area contributed by atoms with Gasteiger partial charge in [0, 0.05) is 25.4 Å². The number of carboxylic acids is 1. The first-order valence-corrected chi connectivity index (χ1v) is 7.29. The molecule has 0 saturated carbocycles. The first-order valence-electron chi connectivity index (χ1n) is 5.85. The molecule has 8 heteroatoms. The van der Waals surface area contributed by atoms with E-state index in [0.29, 0.717) is 6.42 Å². The molecule has 0 unspecified atom stereocenters. The van der Waals surface area contributed by atoms with Gasteiger partial charge >= 0.3 is 5.97 Å². The summed E-state index contributed by atoms with van der Waals surface area (Å²) in [5.41, 5.74) is -0.176. The van der Waals surface area contributed by atoms with Gasteiger partial charge in [-0.3, -0.25) is 0 Å². The summed E-state index contributed by atoms with van der Waals surface area (Å²) in [5, 5.41) is 17.6. The number of carbonyl (C=O) groups is 1. The second-order valence-electron chi connectivity index (χ2n) is 4.34. The Balaban J connectivity index is 3.07. The van der Waals surface area contributed by atoms with Crippen molar-refractivity contribution < 1.29 is 23.4 Å². The molecule has 1 aromatic rings. The summed E-state index contributed by atoms with van der Waals surface area (Å²) in [5.74, 6) is -1.21. The van der Waals surface area contributed by atoms with E-state index in [1.165, 1.54) is 4.31 Å². The smallest absolute Gasteiger partial charge is 0.352 e. The topological polar surface area (TPSA) is 111 Å². The Morgan fingerprint density at radius 2 is 2.11 bits per heavy atom. The van der Waals surface area contributed by atoms with Crippen molar-refractivity contribution in [3.63, 3.8) is 0 Å². The third-order valence-electron chi connectivity index (χ3n) is 2.61. The molecule has 0 aliphatic carbocycles. The number of aliphatic hydroxyl groups is 1. The number of hydrogen-bond donors (Lipinski definition) is 3. The summed E-state index contributed by atoms with van der Waals surface area (Å²) < 4.78 is 25.9. The molecule has 19 heavy (non-hydrogen) atoms. The molecular formula is C11H18N2O5S. The van der Waals surface area contributed by atoms with Gasteiger partial charge in [-0.25, -0.2) is 13.2 Å². The number of sulfonamides is 1. The maximum atomic E-state index is 12.3. The standard InChI is InChI=1S/C11H18N2O5S/c1-8(2)13(4-3-5-14)19(17,18)9-6-10(11(15)16)12-7-9/h6-8,12,14H,3-5H2,1-2H3,(H,15,16). The molecule has 1 heterocycles. The van der Waals surface area contributed by atoms with Crippen molar-refractivity contribution in [2.24, 2.45) is 0 Å². The van der Waals surface area contributed by atoms with E-state index >= 15 is 0 Å². The number of aromatic amines is 1. The zero-order valence-corrected chi connectivity index (χ0v) is 11.6. The fourth-order valence-electron chi connectivity index (χ4n) is 1.66. The van der Waals surface area contributed by atoms with Crippen LogP contribution in [0.3, 0.4) is 0 Å². The Morgan fingerprint density at radius 3 is 2.53 bits per heavy atom. The number of carboxylic acid groups (broad SMARTS) is 1. The molecule has 0 atom stereocenters. The van der Waals surface area contributed by atoms with Crippen molar-refractivity contribution in [3.8, 4) is 0 Å². The van der Waals surface area contributed by atoms with Crippen molar-refractivity contribution in [3.05, 3.63) is 18.0 Å². The van der Waals surface area contributed by atoms with Crippen molar-refractivity contribution in [1.29, 1.82) is 0 Å². The molecule has 1 aromatic heterocycles. The average molecular weight is 290 g/mol. The highest BCUT2D eigenvalue weighted by molar-refractivity contribution is 7.89. The molecule has 3 N–H and O–H groups in total. The van der Waals surface area contributed by atoms with Crippen LogP contribution in [0.1, 0.15) is 30.8 Å². The molecule has 0 amide bonds. The Bertz CT molecular complexity index is 535. The van der Waals surface area contributed by atoms with Crippen LogP contribution in [0.15, 0.2) is 17.2 Å². The van der Waals surface area contributed by atoms with Crippen LogP contribution in [-0.2, 0) is 10.0 Å². The number of H-pyrrole nitrogens is 1. The van der Waals surface area contributed by atoms with Gasteiger partial charge in [0.2, 0.25) is 10.0 Å². The highest BCUT2D eigenvalue weighted by Crippen LogP contribution is 2.19. The largest absolute Gasteiger partial charge is 0.477 e. The number of rotatable bonds is 7. The quantitative estimate of drug-likeness (QED) is 0.677. The van der Waals surface area contributed by atoms with Crippen LogP contribution in [0, 0.1) is 0 Å². The van der Waals surface area contributed by atoms with Gasteiger partial charge in [-0.2, -0.15) is 4.31 Å². The van der Waals surface area contributed by atoms with Crippen LogP contribution in [0.5, 0.6) is 0 Å². The number of aromatic nitrogens is 1. The van der Waals surface area contributed by atoms with Crippen LogP contribution in [-0.4, -0.2) is 53.1 Å². The minimum absolute atomic E-state index is 0.0865. The van der Waals surface area contributed by atoms with E-state index in [4.69, 9.17) is 10.2 Å². The number of hydrogen-bond acceptors (Lipinski definition) is 4. The van der Waals surface area contributed by atoms with Gasteiger partial charge in [0.1, 0.15) is 10.6 Å². The van der Waals surface area contributed by atoms with Crippen molar-refractivity contribution in [1.82, 2.24) is 9.29 Å². The van der Waals surface area contributed by atoms with Gasteiger partial charge in [-0.05, 0) is 26.3 Å². The molecule has 0 aliphatic heterocycles. The highest BCUT2D eigenvalue weighted by atomic mass is 32.2. The van der Waals surface area contributed by atoms with E-state index in [2.05, 4.69) is 4.98 Å². The van der Waals surface area contributed by atoms with Gasteiger partial charge < -0.3 is 15.2 Å². The highest BCUT2D eigenvalue weighted by Gasteiger charge is 2.28. The summed E-state index contributed by atoms with van der Waals surface area (Å²) >= 11 is 0. The molecule has 0 spiro atoms. The summed E-state index contributed by atoms with van der Waals surface area (Å²) in [6.07, 6.45) is 1.49. The van der Waals surface area contributed by atoms with Crippen LogP contribution in [0.2, 0.25) is 0 Å². The second kappa shape index (κ2) is 6.18. The lowest BCUT2D eigenvalue weighted by atomic mass is 10.3. The molecule has 7 nitrogen and oxygen atoms in total. The molecule has 0 aromatic carbocycles. The van der Waals surface area contributed by atoms with E-state index in [9.17, 15) is 13.2 Å². The summed E-state index contributed by atoms with van der Waals surface area (Å²) in [6, 6.07) is 0.811. The second-order valence-corrected chi connectivity index (χ2v) is 6.23. The zero-order chi connectivity index (χ0) is 14.6. The zero-order valence-electron chi connectivity index (χ0n) is 10.8. The van der Waals surface area contributed by atoms with Gasteiger partial charge in [-0.1, -0.05) is 0 Å². The van der Waals surface area contributed by atoms with Crippen molar-refractivity contribution in [2.45, 2.75) is 31.2 Å². The first kappa shape index (κ1) is 15.7. The van der Waals surface area contributed by atoms with Gasteiger partial charge in [-0.15, -0.1) is 0 Å². The Labute approximate surface area is 111 Å². The molecule has 0 aliphatic rings. The predicted molar refractivity (Wildman–Crippen MR) is 68.5 cm³/mol. The lowest BCUT2D eigenvalue weighted by molar-refractivity contribution is 0.0691. The van der Waals surface area contributed by atoms with E-state index < -0.39 is 16.0 Å². The summed E-state index contributed by atoms with van der Waals surface area (Å²) in [4.78, 5) is 13.1. The molecule has 0 bridgehead atoms. The van der Waals surface area contributed by atoms with E-state index in [0.717, 1.165) is 12.3 Å². The molecule has 0 saturated heterocycles. The van der Waals surface area contributed by atoms with Gasteiger partial charge in [0.15, 0.2) is 0 Å². The third kappa shape index (κ3) is 3.55. The van der Waals surface area contributed by atoms with E-state index in [-0.39, 0.29) is 29.8 Å². The normalized spacial score (nSPS) is 12.3. The number of nitrogens with zero attached hydrogens (tertiary/aromatic N) is 1. The number of aliphatic hydroxyl groups excluding tert-OH is 1. The Morgan fingerprint density at radius 1 is 1.47 bits per heavy atom. The van der Waals surface area contributed by atoms with Gasteiger partial charge in [0.25, 0.3) is 0 Å². The Hall–Kier alpha value is -1.38. The minimum atomic E-state index is -3.76. The lowest BCUT2D eigenvalue weighted by Gasteiger charge is -2.25. The monoisotopic (exact) mass is 290 g/mol. The SMILES string of the molecule is CC(C)N(CCCO)S(=O)(=O)c1c[nH]c(C(=O)O)c1. The average Bonchev–Trinajstić information content (AvgIpc) is 2.78. The maximum Gasteiger partial charge on any atom is 0.352 e. The molecular weight excluding hydrogens is 272 g/mol. The molecule has 108 valence electrons. The van der Waals surface area contributed by atoms with Crippen molar-refractivity contribution >= 4 is 16.0 Å². The number of nitrogens with one attached hydrogen (secondary N) is 1. The van der Waals surface area contributed by atoms with E-state index in [1.807, 2.05) is 0 Å². The lowest BCUT2D eigenvalue weighted by Crippen LogP contribution is -2.37. The molecule has 1 rings (SSSR count). The predicted octanol–water partition coefficient (Wildman–Crippen LogP) is 0.494. The summed E-state index contributed by atoms with van der Waals surface area (Å²) in [6.45, 7) is 3.52. The number of aromatic carboxylic acids is 1. The minimum Gasteiger partial charge on any atom is -0.477 e. The van der Waals surface area contributed by atoms with Crippen LogP contribution >= 0.6 is 0 Å². The molecule has 0 fully saturated rings. The van der Waals surface area contributed by atoms with Gasteiger partial charge in [0.05, 0.1) is 0 Å². The first-order chi connectivity index (χ1) is 8.80. The van der Waals surface area contributed by atoms with Crippen LogP contribution < -0.4 is 0 Å². The fourth-order valence-corrected chi connectivity index (χ4v) is 3.33. The molecule has 0 radical (unpaired) electrons. The third-order valence-corrected chi connectivity index (χ3v) is 4.66. The fraction of sp³-hybridized carbons (Fsp3) is 0.545.